The highest BCUT2D eigenvalue weighted by molar-refractivity contribution is 6.17. The van der Waals surface area contributed by atoms with E-state index in [4.69, 9.17) is 16.3 Å². The predicted octanol–water partition coefficient (Wildman–Crippen LogP) is 3.64. The zero-order chi connectivity index (χ0) is 12.3. The number of ether oxygens (including phenoxy) is 1. The molecule has 2 aromatic rings. The lowest BCUT2D eigenvalue weighted by molar-refractivity contribution is 0.399. The molecule has 0 atom stereocenters. The maximum Gasteiger partial charge on any atom is 0.221 e. The molecule has 0 fully saturated rings. The standard InChI is InChI=1S/C13H11ClFNO/c1-17-13-12(10(8-14)5-6-16-13)9-3-2-4-11(15)7-9/h2-7H,8H2,1H3. The number of hydrogen-bond donors (Lipinski definition) is 0. The van der Waals surface area contributed by atoms with Crippen molar-refractivity contribution in [2.75, 3.05) is 7.11 Å². The summed E-state index contributed by atoms with van der Waals surface area (Å²) in [6.07, 6.45) is 1.62. The minimum absolute atomic E-state index is 0.297. The molecule has 1 aromatic carbocycles. The molecule has 88 valence electrons. The molecule has 0 aliphatic rings. The Morgan fingerprint density at radius 2 is 2.18 bits per heavy atom. The van der Waals surface area contributed by atoms with Crippen molar-refractivity contribution in [3.63, 3.8) is 0 Å². The van der Waals surface area contributed by atoms with Gasteiger partial charge in [0.1, 0.15) is 5.82 Å². The first-order valence-electron chi connectivity index (χ1n) is 5.10. The molecule has 4 heteroatoms. The number of aromatic nitrogens is 1. The molecule has 0 spiro atoms. The van der Waals surface area contributed by atoms with Gasteiger partial charge in [-0.3, -0.25) is 0 Å². The van der Waals surface area contributed by atoms with E-state index >= 15 is 0 Å². The van der Waals surface area contributed by atoms with Crippen LogP contribution in [0.3, 0.4) is 0 Å². The maximum atomic E-state index is 13.2. The monoisotopic (exact) mass is 251 g/mol. The van der Waals surface area contributed by atoms with E-state index in [-0.39, 0.29) is 5.82 Å². The Morgan fingerprint density at radius 3 is 2.82 bits per heavy atom. The molecule has 0 N–H and O–H groups in total. The lowest BCUT2D eigenvalue weighted by atomic mass is 10.0. The topological polar surface area (TPSA) is 22.1 Å². The minimum Gasteiger partial charge on any atom is -0.481 e. The van der Waals surface area contributed by atoms with E-state index in [2.05, 4.69) is 4.98 Å². The van der Waals surface area contributed by atoms with E-state index in [1.165, 1.54) is 19.2 Å². The van der Waals surface area contributed by atoms with Crippen LogP contribution in [0.2, 0.25) is 0 Å². The lowest BCUT2D eigenvalue weighted by Crippen LogP contribution is -1.95. The summed E-state index contributed by atoms with van der Waals surface area (Å²) in [6.45, 7) is 0. The van der Waals surface area contributed by atoms with Crippen molar-refractivity contribution in [3.05, 3.63) is 47.9 Å². The number of pyridine rings is 1. The van der Waals surface area contributed by atoms with Gasteiger partial charge >= 0.3 is 0 Å². The van der Waals surface area contributed by atoms with Crippen LogP contribution in [0.15, 0.2) is 36.5 Å². The molecule has 0 saturated heterocycles. The third-order valence-corrected chi connectivity index (χ3v) is 2.74. The highest BCUT2D eigenvalue weighted by Crippen LogP contribution is 2.32. The first-order chi connectivity index (χ1) is 8.26. The summed E-state index contributed by atoms with van der Waals surface area (Å²) in [5.74, 6) is 0.479. The molecule has 2 nitrogen and oxygen atoms in total. The summed E-state index contributed by atoms with van der Waals surface area (Å²) in [4.78, 5) is 4.11. The van der Waals surface area contributed by atoms with Crippen LogP contribution in [0.1, 0.15) is 5.56 Å². The fraction of sp³-hybridized carbons (Fsp3) is 0.154. The molecule has 0 aliphatic carbocycles. The van der Waals surface area contributed by atoms with Crippen LogP contribution in [0.25, 0.3) is 11.1 Å². The summed E-state index contributed by atoms with van der Waals surface area (Å²) < 4.78 is 18.4. The third kappa shape index (κ3) is 2.39. The number of nitrogens with zero attached hydrogens (tertiary/aromatic N) is 1. The molecule has 17 heavy (non-hydrogen) atoms. The number of rotatable bonds is 3. The average Bonchev–Trinajstić information content (AvgIpc) is 2.37. The Kier molecular flexibility index (Phi) is 3.59. The second kappa shape index (κ2) is 5.15. The number of halogens is 2. The molecule has 2 rings (SSSR count). The quantitative estimate of drug-likeness (QED) is 0.777. The molecular weight excluding hydrogens is 241 g/mol. The maximum absolute atomic E-state index is 13.2. The van der Waals surface area contributed by atoms with Gasteiger partial charge in [-0.15, -0.1) is 11.6 Å². The summed E-state index contributed by atoms with van der Waals surface area (Å²) in [5, 5.41) is 0. The van der Waals surface area contributed by atoms with Gasteiger partial charge in [0.15, 0.2) is 0 Å². The van der Waals surface area contributed by atoms with Crippen LogP contribution in [0.5, 0.6) is 5.88 Å². The normalized spacial score (nSPS) is 10.3. The molecule has 0 bridgehead atoms. The van der Waals surface area contributed by atoms with Crippen LogP contribution in [0.4, 0.5) is 4.39 Å². The SMILES string of the molecule is COc1nccc(CCl)c1-c1cccc(F)c1. The third-order valence-electron chi connectivity index (χ3n) is 2.45. The van der Waals surface area contributed by atoms with Crippen molar-refractivity contribution >= 4 is 11.6 Å². The fourth-order valence-corrected chi connectivity index (χ4v) is 1.92. The Hall–Kier alpha value is -1.61. The lowest BCUT2D eigenvalue weighted by Gasteiger charge is -2.11. The molecular formula is C13H11ClFNO. The highest BCUT2D eigenvalue weighted by Gasteiger charge is 2.12. The number of benzene rings is 1. The van der Waals surface area contributed by atoms with Crippen LogP contribution in [-0.2, 0) is 5.88 Å². The Bertz CT molecular complexity index is 508. The zero-order valence-corrected chi connectivity index (χ0v) is 10.0. The van der Waals surface area contributed by atoms with Gasteiger partial charge < -0.3 is 4.74 Å². The van der Waals surface area contributed by atoms with Crippen molar-refractivity contribution in [2.24, 2.45) is 0 Å². The van der Waals surface area contributed by atoms with E-state index in [1.54, 1.807) is 24.4 Å². The Labute approximate surface area is 104 Å². The average molecular weight is 252 g/mol. The largest absolute Gasteiger partial charge is 0.481 e. The number of alkyl halides is 1. The minimum atomic E-state index is -0.297. The van der Waals surface area contributed by atoms with Crippen molar-refractivity contribution in [1.82, 2.24) is 4.98 Å². The summed E-state index contributed by atoms with van der Waals surface area (Å²) in [5.41, 5.74) is 2.32. The number of methoxy groups -OCH3 is 1. The second-order valence-corrected chi connectivity index (χ2v) is 3.77. The van der Waals surface area contributed by atoms with Gasteiger partial charge in [-0.1, -0.05) is 12.1 Å². The number of hydrogen-bond acceptors (Lipinski definition) is 2. The summed E-state index contributed by atoms with van der Waals surface area (Å²) >= 11 is 5.87. The van der Waals surface area contributed by atoms with Crippen LogP contribution >= 0.6 is 11.6 Å². The van der Waals surface area contributed by atoms with Gasteiger partial charge in [0.05, 0.1) is 7.11 Å². The van der Waals surface area contributed by atoms with Crippen LogP contribution in [0, 0.1) is 5.82 Å². The van der Waals surface area contributed by atoms with E-state index in [1.807, 2.05) is 0 Å². The first-order valence-corrected chi connectivity index (χ1v) is 5.63. The van der Waals surface area contributed by atoms with Crippen LogP contribution in [-0.4, -0.2) is 12.1 Å². The van der Waals surface area contributed by atoms with Gasteiger partial charge in [0.2, 0.25) is 5.88 Å². The van der Waals surface area contributed by atoms with Crippen molar-refractivity contribution < 1.29 is 9.13 Å². The van der Waals surface area contributed by atoms with Crippen molar-refractivity contribution in [3.8, 4) is 17.0 Å². The van der Waals surface area contributed by atoms with Crippen molar-refractivity contribution in [2.45, 2.75) is 5.88 Å². The van der Waals surface area contributed by atoms with E-state index in [9.17, 15) is 4.39 Å². The zero-order valence-electron chi connectivity index (χ0n) is 9.28. The Morgan fingerprint density at radius 1 is 1.35 bits per heavy atom. The molecule has 0 unspecified atom stereocenters. The predicted molar refractivity (Wildman–Crippen MR) is 65.7 cm³/mol. The van der Waals surface area contributed by atoms with Gasteiger partial charge in [-0.05, 0) is 29.3 Å². The van der Waals surface area contributed by atoms with Crippen LogP contribution < -0.4 is 4.74 Å². The smallest absolute Gasteiger partial charge is 0.221 e. The Balaban J connectivity index is 2.64. The van der Waals surface area contributed by atoms with Gasteiger partial charge in [0, 0.05) is 17.6 Å². The summed E-state index contributed by atoms with van der Waals surface area (Å²) in [7, 11) is 1.53. The molecule has 1 aromatic heterocycles. The molecule has 0 radical (unpaired) electrons. The first kappa shape index (κ1) is 11.9. The second-order valence-electron chi connectivity index (χ2n) is 3.50. The molecule has 0 aliphatic heterocycles. The molecule has 0 saturated carbocycles. The molecule has 0 amide bonds. The van der Waals surface area contributed by atoms with Gasteiger partial charge in [-0.25, -0.2) is 9.37 Å². The molecule has 1 heterocycles. The fourth-order valence-electron chi connectivity index (χ4n) is 1.70. The van der Waals surface area contributed by atoms with Crippen molar-refractivity contribution in [1.29, 1.82) is 0 Å². The summed E-state index contributed by atoms with van der Waals surface area (Å²) in [6, 6.07) is 8.09. The highest BCUT2D eigenvalue weighted by atomic mass is 35.5. The van der Waals surface area contributed by atoms with E-state index in [0.717, 1.165) is 11.1 Å². The van der Waals surface area contributed by atoms with E-state index < -0.39 is 0 Å². The van der Waals surface area contributed by atoms with E-state index in [0.29, 0.717) is 17.3 Å². The van der Waals surface area contributed by atoms with Gasteiger partial charge in [0.25, 0.3) is 0 Å². The van der Waals surface area contributed by atoms with Gasteiger partial charge in [-0.2, -0.15) is 0 Å².